The first-order valence-corrected chi connectivity index (χ1v) is 12.3. The lowest BCUT2D eigenvalue weighted by molar-refractivity contribution is -0.124. The van der Waals surface area contributed by atoms with Crippen molar-refractivity contribution in [2.75, 3.05) is 5.32 Å². The molecule has 0 atom stereocenters. The maximum Gasteiger partial charge on any atom is 0.226 e. The van der Waals surface area contributed by atoms with E-state index in [4.69, 9.17) is 5.10 Å². The van der Waals surface area contributed by atoms with E-state index in [1.54, 1.807) is 0 Å². The highest BCUT2D eigenvalue weighted by Gasteiger charge is 2.51. The van der Waals surface area contributed by atoms with Crippen LogP contribution in [0.3, 0.4) is 0 Å². The molecular weight excluding hydrogens is 378 g/mol. The van der Waals surface area contributed by atoms with Crippen LogP contribution in [-0.4, -0.2) is 15.7 Å². The molecule has 1 N–H and O–H groups in total. The first kappa shape index (κ1) is 18.1. The second-order valence-electron chi connectivity index (χ2n) is 10.2. The summed E-state index contributed by atoms with van der Waals surface area (Å²) in [4.78, 5) is 13.3. The summed E-state index contributed by atoms with van der Waals surface area (Å²) in [7, 11) is 0. The topological polar surface area (TPSA) is 46.9 Å². The van der Waals surface area contributed by atoms with Crippen LogP contribution in [0.15, 0.2) is 24.3 Å². The Morgan fingerprint density at radius 3 is 2.41 bits per heavy atom. The third kappa shape index (κ3) is 3.13. The number of nitrogens with zero attached hydrogens (tertiary/aromatic N) is 2. The van der Waals surface area contributed by atoms with E-state index >= 15 is 0 Å². The first-order chi connectivity index (χ1) is 14.1. The van der Waals surface area contributed by atoms with Gasteiger partial charge in [0.05, 0.1) is 11.4 Å². The molecule has 2 heterocycles. The molecule has 0 radical (unpaired) electrons. The molecule has 4 aliphatic carbocycles. The molecule has 4 nitrogen and oxygen atoms in total. The molecule has 0 unspecified atom stereocenters. The third-order valence-electron chi connectivity index (χ3n) is 7.79. The van der Waals surface area contributed by atoms with Crippen LogP contribution in [0.25, 0.3) is 5.69 Å². The highest BCUT2D eigenvalue weighted by Crippen LogP contribution is 2.61. The lowest BCUT2D eigenvalue weighted by Crippen LogP contribution is -2.47. The summed E-state index contributed by atoms with van der Waals surface area (Å²) in [6, 6.07) is 8.41. The van der Waals surface area contributed by atoms with Gasteiger partial charge in [-0.3, -0.25) is 4.79 Å². The lowest BCUT2D eigenvalue weighted by atomic mass is 9.49. The van der Waals surface area contributed by atoms with Crippen molar-refractivity contribution in [3.63, 3.8) is 0 Å². The minimum absolute atomic E-state index is 0.194. The summed E-state index contributed by atoms with van der Waals surface area (Å²) in [6.07, 6.45) is 8.79. The van der Waals surface area contributed by atoms with Crippen LogP contribution >= 0.6 is 11.8 Å². The Hall–Kier alpha value is -1.75. The normalized spacial score (nSPS) is 31.8. The smallest absolute Gasteiger partial charge is 0.226 e. The van der Waals surface area contributed by atoms with Crippen LogP contribution in [0.1, 0.15) is 61.8 Å². The average molecular weight is 408 g/mol. The van der Waals surface area contributed by atoms with Gasteiger partial charge in [0.2, 0.25) is 5.91 Å². The standard InChI is InChI=1S/C24H29N3OS/c1-15-2-4-19(5-3-15)27-23(20-13-29-14-21(20)26-27)25-22(28)12-24-9-16-6-17(10-24)8-18(7-16)11-24/h2-5,16-18H,6-14H2,1H3,(H,25,28). The van der Waals surface area contributed by atoms with Gasteiger partial charge < -0.3 is 5.32 Å². The minimum Gasteiger partial charge on any atom is -0.310 e. The van der Waals surface area contributed by atoms with Crippen molar-refractivity contribution in [2.24, 2.45) is 23.2 Å². The van der Waals surface area contributed by atoms with E-state index in [-0.39, 0.29) is 11.3 Å². The molecule has 5 heteroatoms. The van der Waals surface area contributed by atoms with Crippen molar-refractivity contribution in [3.8, 4) is 5.69 Å². The van der Waals surface area contributed by atoms with Crippen LogP contribution in [0.5, 0.6) is 0 Å². The Labute approximate surface area is 176 Å². The number of anilines is 1. The lowest BCUT2D eigenvalue weighted by Gasteiger charge is -2.56. The van der Waals surface area contributed by atoms with Crippen LogP contribution in [0, 0.1) is 30.1 Å². The van der Waals surface area contributed by atoms with Gasteiger partial charge in [-0.25, -0.2) is 4.68 Å². The van der Waals surface area contributed by atoms with Crippen molar-refractivity contribution in [2.45, 2.75) is 63.4 Å². The zero-order chi connectivity index (χ0) is 19.6. The number of thioether (sulfide) groups is 1. The Balaban J connectivity index is 1.27. The third-order valence-corrected chi connectivity index (χ3v) is 8.76. The van der Waals surface area contributed by atoms with Gasteiger partial charge in [0.25, 0.3) is 0 Å². The van der Waals surface area contributed by atoms with Crippen molar-refractivity contribution >= 4 is 23.5 Å². The molecule has 7 rings (SSSR count). The number of rotatable bonds is 4. The van der Waals surface area contributed by atoms with Gasteiger partial charge in [-0.2, -0.15) is 16.9 Å². The van der Waals surface area contributed by atoms with E-state index in [9.17, 15) is 4.79 Å². The molecule has 29 heavy (non-hydrogen) atoms. The second-order valence-corrected chi connectivity index (χ2v) is 11.1. The molecule has 1 amide bonds. The molecule has 2 aromatic rings. The van der Waals surface area contributed by atoms with Crippen LogP contribution in [0.2, 0.25) is 0 Å². The van der Waals surface area contributed by atoms with Gasteiger partial charge in [-0.05, 0) is 80.8 Å². The Bertz CT molecular complexity index is 926. The van der Waals surface area contributed by atoms with Gasteiger partial charge in [-0.1, -0.05) is 17.7 Å². The van der Waals surface area contributed by atoms with E-state index in [1.807, 2.05) is 16.4 Å². The molecule has 0 saturated heterocycles. The number of hydrogen-bond acceptors (Lipinski definition) is 3. The van der Waals surface area contributed by atoms with Crippen LogP contribution in [-0.2, 0) is 16.3 Å². The van der Waals surface area contributed by atoms with Gasteiger partial charge in [-0.15, -0.1) is 0 Å². The summed E-state index contributed by atoms with van der Waals surface area (Å²) in [6.45, 7) is 2.09. The molecule has 5 aliphatic rings. The van der Waals surface area contributed by atoms with E-state index in [1.165, 1.54) is 49.7 Å². The fourth-order valence-corrected chi connectivity index (χ4v) is 8.07. The number of benzene rings is 1. The highest BCUT2D eigenvalue weighted by atomic mass is 32.2. The van der Waals surface area contributed by atoms with Gasteiger partial charge >= 0.3 is 0 Å². The molecule has 152 valence electrons. The maximum absolute atomic E-state index is 13.3. The van der Waals surface area contributed by atoms with Crippen LogP contribution in [0.4, 0.5) is 5.82 Å². The molecule has 1 aliphatic heterocycles. The van der Waals surface area contributed by atoms with Gasteiger partial charge in [0, 0.05) is 23.5 Å². The van der Waals surface area contributed by atoms with E-state index < -0.39 is 0 Å². The fraction of sp³-hybridized carbons (Fsp3) is 0.583. The average Bonchev–Trinajstić information content (AvgIpc) is 3.23. The predicted octanol–water partition coefficient (Wildman–Crippen LogP) is 5.47. The van der Waals surface area contributed by atoms with Crippen LogP contribution < -0.4 is 5.32 Å². The monoisotopic (exact) mass is 407 g/mol. The molecule has 1 aromatic heterocycles. The summed E-state index contributed by atoms with van der Waals surface area (Å²) in [5.74, 6) is 5.62. The summed E-state index contributed by atoms with van der Waals surface area (Å²) in [5, 5.41) is 8.18. The zero-order valence-electron chi connectivity index (χ0n) is 17.1. The molecular formula is C24H29N3OS. The van der Waals surface area contributed by atoms with Gasteiger partial charge in [0.1, 0.15) is 5.82 Å². The number of carbonyl (C=O) groups is 1. The zero-order valence-corrected chi connectivity index (χ0v) is 17.9. The number of carbonyl (C=O) groups excluding carboxylic acids is 1. The van der Waals surface area contributed by atoms with E-state index in [0.717, 1.165) is 46.5 Å². The molecule has 4 saturated carbocycles. The van der Waals surface area contributed by atoms with E-state index in [0.29, 0.717) is 6.42 Å². The number of nitrogens with one attached hydrogen (secondary N) is 1. The fourth-order valence-electron chi connectivity index (χ4n) is 7.04. The molecule has 4 fully saturated rings. The van der Waals surface area contributed by atoms with Crippen molar-refractivity contribution in [1.82, 2.24) is 9.78 Å². The maximum atomic E-state index is 13.3. The molecule has 1 aromatic carbocycles. The SMILES string of the molecule is Cc1ccc(-n2nc3c(c2NC(=O)CC24CC5CC(CC(C5)C2)C4)CSC3)cc1. The van der Waals surface area contributed by atoms with Crippen molar-refractivity contribution < 1.29 is 4.79 Å². The Kier molecular flexibility index (Phi) is 4.13. The second kappa shape index (κ2) is 6.63. The Morgan fingerprint density at radius 1 is 1.10 bits per heavy atom. The number of aryl methyl sites for hydroxylation is 1. The number of amides is 1. The summed E-state index contributed by atoms with van der Waals surface area (Å²) < 4.78 is 1.96. The largest absolute Gasteiger partial charge is 0.310 e. The first-order valence-electron chi connectivity index (χ1n) is 11.1. The number of fused-ring (bicyclic) bond motifs is 1. The van der Waals surface area contributed by atoms with Crippen molar-refractivity contribution in [3.05, 3.63) is 41.1 Å². The molecule has 4 bridgehead atoms. The predicted molar refractivity (Wildman–Crippen MR) is 117 cm³/mol. The van der Waals surface area contributed by atoms with E-state index in [2.05, 4.69) is 36.5 Å². The number of aromatic nitrogens is 2. The van der Waals surface area contributed by atoms with Crippen molar-refractivity contribution in [1.29, 1.82) is 0 Å². The summed E-state index contributed by atoms with van der Waals surface area (Å²) in [5.41, 5.74) is 4.87. The quantitative estimate of drug-likeness (QED) is 0.731. The van der Waals surface area contributed by atoms with Gasteiger partial charge in [0.15, 0.2) is 0 Å². The Morgan fingerprint density at radius 2 is 1.76 bits per heavy atom. The minimum atomic E-state index is 0.194. The number of hydrogen-bond donors (Lipinski definition) is 1. The summed E-state index contributed by atoms with van der Waals surface area (Å²) >= 11 is 1.88. The highest BCUT2D eigenvalue weighted by molar-refractivity contribution is 7.98. The molecule has 0 spiro atoms.